The van der Waals surface area contributed by atoms with Crippen molar-refractivity contribution in [2.75, 3.05) is 14.2 Å². The Kier molecular flexibility index (Phi) is 16.9. The molecule has 1 rings (SSSR count). The maximum atomic E-state index is 6.72. The van der Waals surface area contributed by atoms with E-state index in [0.29, 0.717) is 0 Å². The summed E-state index contributed by atoms with van der Waals surface area (Å²) < 4.78 is 11.2. The molecule has 0 radical (unpaired) electrons. The van der Waals surface area contributed by atoms with Crippen LogP contribution >= 0.6 is 12.4 Å². The molecule has 0 saturated carbocycles. The molecule has 0 amide bonds. The van der Waals surface area contributed by atoms with Crippen molar-refractivity contribution in [1.82, 2.24) is 0 Å². The summed E-state index contributed by atoms with van der Waals surface area (Å²) in [4.78, 5) is 0. The van der Waals surface area contributed by atoms with Gasteiger partial charge in [0.15, 0.2) is 0 Å². The van der Waals surface area contributed by atoms with Crippen LogP contribution in [0, 0.1) is 0 Å². The van der Waals surface area contributed by atoms with Crippen LogP contribution in [-0.2, 0) is 20.8 Å². The molecule has 1 aromatic rings. The van der Waals surface area contributed by atoms with E-state index in [2.05, 4.69) is 44.7 Å². The van der Waals surface area contributed by atoms with Gasteiger partial charge >= 0.3 is 8.56 Å². The van der Waals surface area contributed by atoms with Gasteiger partial charge in [0.25, 0.3) is 0 Å². The first-order valence-electron chi connectivity index (χ1n) is 12.4. The Balaban J connectivity index is 0.00000900. The minimum atomic E-state index is -1.97. The fourth-order valence-corrected chi connectivity index (χ4v) is 5.50. The number of rotatable bonds is 18. The third-order valence-corrected chi connectivity index (χ3v) is 9.59. The first-order valence-corrected chi connectivity index (χ1v) is 14.9. The van der Waals surface area contributed by atoms with Crippen molar-refractivity contribution in [2.24, 2.45) is 5.73 Å². The molecule has 0 fully saturated rings. The van der Waals surface area contributed by atoms with Gasteiger partial charge in [-0.15, -0.1) is 12.4 Å². The summed E-state index contributed by atoms with van der Waals surface area (Å²) in [5.41, 5.74) is 9.13. The first-order chi connectivity index (χ1) is 14.4. The minimum Gasteiger partial charge on any atom is -0.398 e. The monoisotopic (exact) mass is 471 g/mol. The van der Waals surface area contributed by atoms with E-state index < -0.39 is 8.56 Å². The number of halogens is 1. The van der Waals surface area contributed by atoms with Crippen LogP contribution in [-0.4, -0.2) is 22.8 Å². The molecular formula is C26H50ClNO2Si. The third kappa shape index (κ3) is 13.0. The Morgan fingerprint density at radius 2 is 1.42 bits per heavy atom. The summed E-state index contributed by atoms with van der Waals surface area (Å²) in [5.74, 6) is 0. The van der Waals surface area contributed by atoms with Gasteiger partial charge in [-0.1, -0.05) is 95.4 Å². The highest BCUT2D eigenvalue weighted by Crippen LogP contribution is 2.26. The van der Waals surface area contributed by atoms with Crippen molar-refractivity contribution in [2.45, 2.75) is 115 Å². The van der Waals surface area contributed by atoms with Gasteiger partial charge in [-0.25, -0.2) is 0 Å². The maximum absolute atomic E-state index is 6.72. The number of hydrogen-bond acceptors (Lipinski definition) is 3. The van der Waals surface area contributed by atoms with Gasteiger partial charge < -0.3 is 14.6 Å². The summed E-state index contributed by atoms with van der Waals surface area (Å²) >= 11 is 0. The van der Waals surface area contributed by atoms with Gasteiger partial charge in [-0.2, -0.15) is 0 Å². The fraction of sp³-hybridized carbons (Fsp3) is 0.769. The molecule has 2 N–H and O–H groups in total. The second kappa shape index (κ2) is 17.1. The molecule has 0 aliphatic rings. The topological polar surface area (TPSA) is 44.5 Å². The molecule has 0 aromatic heterocycles. The van der Waals surface area contributed by atoms with Gasteiger partial charge in [0, 0.05) is 19.8 Å². The average Bonchev–Trinajstić information content (AvgIpc) is 2.75. The summed E-state index contributed by atoms with van der Waals surface area (Å²) in [6.45, 7) is 6.61. The fourth-order valence-electron chi connectivity index (χ4n) is 4.11. The molecule has 0 aliphatic carbocycles. The lowest BCUT2D eigenvalue weighted by Gasteiger charge is -2.26. The molecule has 1 unspecified atom stereocenters. The lowest BCUT2D eigenvalue weighted by Crippen LogP contribution is -2.35. The Bertz CT molecular complexity index is 564. The highest BCUT2D eigenvalue weighted by atomic mass is 35.5. The average molecular weight is 472 g/mol. The van der Waals surface area contributed by atoms with Crippen LogP contribution in [0.25, 0.3) is 0 Å². The Labute approximate surface area is 200 Å². The highest BCUT2D eigenvalue weighted by Gasteiger charge is 2.27. The van der Waals surface area contributed by atoms with Crippen molar-refractivity contribution >= 4 is 21.0 Å². The molecule has 0 saturated heterocycles. The van der Waals surface area contributed by atoms with Gasteiger partial charge in [0.2, 0.25) is 0 Å². The Morgan fingerprint density at radius 3 is 1.97 bits per heavy atom. The van der Waals surface area contributed by atoms with Crippen molar-refractivity contribution in [3.63, 3.8) is 0 Å². The number of nitrogens with two attached hydrogens (primary N) is 1. The second-order valence-corrected chi connectivity index (χ2v) is 13.0. The van der Waals surface area contributed by atoms with E-state index in [1.165, 1.54) is 75.3 Å². The standard InChI is InChI=1S/C26H49NO2Si.ClH/c1-6-7-8-9-10-11-12-13-14-15-21-26(2,27)25-20-16-18-24(23-25)19-17-22-30(5,28-3)29-4;/h16,18,20,23H,6-15,17,19,21-22,27H2,1-5H3;1H. The lowest BCUT2D eigenvalue weighted by molar-refractivity contribution is 0.248. The third-order valence-electron chi connectivity index (χ3n) is 6.60. The molecular weight excluding hydrogens is 422 g/mol. The quantitative estimate of drug-likeness (QED) is 0.175. The molecule has 0 heterocycles. The molecule has 31 heavy (non-hydrogen) atoms. The van der Waals surface area contributed by atoms with E-state index in [1.54, 1.807) is 14.2 Å². The number of hydrogen-bond donors (Lipinski definition) is 1. The lowest BCUT2D eigenvalue weighted by atomic mass is 9.86. The van der Waals surface area contributed by atoms with Crippen LogP contribution in [0.4, 0.5) is 0 Å². The summed E-state index contributed by atoms with van der Waals surface area (Å²) in [6, 6.07) is 9.91. The van der Waals surface area contributed by atoms with E-state index >= 15 is 0 Å². The summed E-state index contributed by atoms with van der Waals surface area (Å²) in [7, 11) is 1.57. The summed E-state index contributed by atoms with van der Waals surface area (Å²) in [5, 5.41) is 0. The van der Waals surface area contributed by atoms with Crippen LogP contribution in [0.5, 0.6) is 0 Å². The second-order valence-electron chi connectivity index (χ2n) is 9.45. The van der Waals surface area contributed by atoms with Gasteiger partial charge in [0.1, 0.15) is 0 Å². The largest absolute Gasteiger partial charge is 0.398 e. The zero-order chi connectivity index (χ0) is 22.3. The zero-order valence-electron chi connectivity index (χ0n) is 21.0. The molecule has 3 nitrogen and oxygen atoms in total. The smallest absolute Gasteiger partial charge is 0.334 e. The molecule has 182 valence electrons. The minimum absolute atomic E-state index is 0. The van der Waals surface area contributed by atoms with E-state index in [9.17, 15) is 0 Å². The highest BCUT2D eigenvalue weighted by molar-refractivity contribution is 6.65. The molecule has 1 atom stereocenters. The Morgan fingerprint density at radius 1 is 0.871 bits per heavy atom. The van der Waals surface area contributed by atoms with Gasteiger partial charge in [-0.05, 0) is 49.9 Å². The maximum Gasteiger partial charge on any atom is 0.334 e. The molecule has 0 aliphatic heterocycles. The van der Waals surface area contributed by atoms with Crippen LogP contribution in [0.3, 0.4) is 0 Å². The number of aryl methyl sites for hydroxylation is 1. The number of unbranched alkanes of at least 4 members (excludes halogenated alkanes) is 9. The molecule has 0 bridgehead atoms. The van der Waals surface area contributed by atoms with E-state index in [-0.39, 0.29) is 17.9 Å². The zero-order valence-corrected chi connectivity index (χ0v) is 22.8. The predicted molar refractivity (Wildman–Crippen MR) is 140 cm³/mol. The molecule has 1 aromatic carbocycles. The van der Waals surface area contributed by atoms with Crippen molar-refractivity contribution < 1.29 is 8.85 Å². The van der Waals surface area contributed by atoms with E-state index in [0.717, 1.165) is 25.3 Å². The van der Waals surface area contributed by atoms with E-state index in [4.69, 9.17) is 14.6 Å². The van der Waals surface area contributed by atoms with Crippen LogP contribution < -0.4 is 5.73 Å². The van der Waals surface area contributed by atoms with Crippen molar-refractivity contribution in [1.29, 1.82) is 0 Å². The van der Waals surface area contributed by atoms with Crippen LogP contribution in [0.2, 0.25) is 12.6 Å². The van der Waals surface area contributed by atoms with Crippen molar-refractivity contribution in [3.8, 4) is 0 Å². The number of benzene rings is 1. The van der Waals surface area contributed by atoms with Gasteiger partial charge in [0.05, 0.1) is 0 Å². The van der Waals surface area contributed by atoms with Crippen LogP contribution in [0.15, 0.2) is 24.3 Å². The van der Waals surface area contributed by atoms with Crippen LogP contribution in [0.1, 0.15) is 102 Å². The first kappa shape index (κ1) is 30.6. The Hall–Kier alpha value is -0.393. The molecule has 5 heteroatoms. The normalized spacial score (nSPS) is 13.6. The SMILES string of the molecule is CCCCCCCCCCCCC(C)(N)c1cccc(CCC[Si](C)(OC)OC)c1.Cl. The predicted octanol–water partition coefficient (Wildman–Crippen LogP) is 7.89. The van der Waals surface area contributed by atoms with Gasteiger partial charge in [-0.3, -0.25) is 0 Å². The molecule has 0 spiro atoms. The van der Waals surface area contributed by atoms with Crippen molar-refractivity contribution in [3.05, 3.63) is 35.4 Å². The van der Waals surface area contributed by atoms with E-state index in [1.807, 2.05) is 0 Å². The summed E-state index contributed by atoms with van der Waals surface area (Å²) in [6.07, 6.45) is 16.9.